The summed E-state index contributed by atoms with van der Waals surface area (Å²) in [6, 6.07) is -4.63. The third-order valence-electron chi connectivity index (χ3n) is 4.98. The van der Waals surface area contributed by atoms with Crippen molar-refractivity contribution in [3.63, 3.8) is 0 Å². The van der Waals surface area contributed by atoms with Crippen LogP contribution in [0.25, 0.3) is 0 Å². The molecule has 10 N–H and O–H groups in total. The zero-order valence-corrected chi connectivity index (χ0v) is 19.4. The van der Waals surface area contributed by atoms with Crippen molar-refractivity contribution in [3.05, 3.63) is 0 Å². The number of thiol groups is 1. The first kappa shape index (κ1) is 29.6. The van der Waals surface area contributed by atoms with Gasteiger partial charge in [0.2, 0.25) is 23.6 Å². The van der Waals surface area contributed by atoms with Gasteiger partial charge in [0.15, 0.2) is 0 Å². The van der Waals surface area contributed by atoms with Crippen LogP contribution in [0.2, 0.25) is 0 Å². The largest absolute Gasteiger partial charge is 0.480 e. The lowest BCUT2D eigenvalue weighted by molar-refractivity contribution is -0.141. The third-order valence-corrected chi connectivity index (χ3v) is 5.34. The van der Waals surface area contributed by atoms with Gasteiger partial charge in [0, 0.05) is 5.75 Å². The van der Waals surface area contributed by atoms with Crippen molar-refractivity contribution in [3.8, 4) is 0 Å². The molecule has 0 aliphatic carbocycles. The van der Waals surface area contributed by atoms with Gasteiger partial charge in [0.1, 0.15) is 18.1 Å². The minimum atomic E-state index is -1.35. The number of carbonyl (C=O) groups is 5. The number of hydrogen-bond acceptors (Lipinski definition) is 8. The second-order valence-corrected chi connectivity index (χ2v) is 7.94. The van der Waals surface area contributed by atoms with Crippen LogP contribution in [0, 0.1) is 5.92 Å². The van der Waals surface area contributed by atoms with Crippen LogP contribution >= 0.6 is 12.6 Å². The first-order chi connectivity index (χ1) is 15.0. The predicted molar refractivity (Wildman–Crippen MR) is 121 cm³/mol. The Labute approximate surface area is 193 Å². The van der Waals surface area contributed by atoms with E-state index < -0.39 is 60.2 Å². The standard InChI is InChI=1S/C19H36N6O6S/c1-3-10(2)15(22)18(29)24-12(8-14(21)26)17(28)23-11(6-4-5-7-20)16(27)25-13(9-32)19(30)31/h10-13,15,32H,3-9,20,22H2,1-2H3,(H2,21,26)(H,23,28)(H,24,29)(H,25,27)(H,30,31). The monoisotopic (exact) mass is 476 g/mol. The van der Waals surface area contributed by atoms with Crippen molar-refractivity contribution >= 4 is 42.2 Å². The van der Waals surface area contributed by atoms with E-state index in [-0.39, 0.29) is 18.1 Å². The molecule has 0 aromatic rings. The summed E-state index contributed by atoms with van der Waals surface area (Å²) in [6.45, 7) is 3.99. The summed E-state index contributed by atoms with van der Waals surface area (Å²) in [7, 11) is 0. The van der Waals surface area contributed by atoms with Crippen molar-refractivity contribution in [2.24, 2.45) is 23.1 Å². The third kappa shape index (κ3) is 10.8. The van der Waals surface area contributed by atoms with Gasteiger partial charge in [0.25, 0.3) is 0 Å². The number of aliphatic carboxylic acids is 1. The Balaban J connectivity index is 5.47. The first-order valence-electron chi connectivity index (χ1n) is 10.5. The Bertz CT molecular complexity index is 664. The molecule has 0 aromatic carbocycles. The van der Waals surface area contributed by atoms with E-state index in [0.717, 1.165) is 0 Å². The van der Waals surface area contributed by atoms with E-state index in [1.165, 1.54) is 0 Å². The normalized spacial score (nSPS) is 15.5. The van der Waals surface area contributed by atoms with Crippen LogP contribution in [-0.4, -0.2) is 71.2 Å². The molecule has 4 amide bonds. The molecule has 0 aliphatic rings. The van der Waals surface area contributed by atoms with E-state index in [0.29, 0.717) is 25.8 Å². The van der Waals surface area contributed by atoms with E-state index in [9.17, 15) is 24.0 Å². The Hall–Kier alpha value is -2.38. The van der Waals surface area contributed by atoms with E-state index in [2.05, 4.69) is 28.6 Å². The number of amides is 4. The first-order valence-corrected chi connectivity index (χ1v) is 11.1. The second-order valence-electron chi connectivity index (χ2n) is 7.57. The van der Waals surface area contributed by atoms with Gasteiger partial charge in [-0.15, -0.1) is 0 Å². The topological polar surface area (TPSA) is 220 Å². The summed E-state index contributed by atoms with van der Waals surface area (Å²) in [6.07, 6.45) is 1.33. The second kappa shape index (κ2) is 15.4. The highest BCUT2D eigenvalue weighted by Crippen LogP contribution is 2.07. The number of unbranched alkanes of at least 4 members (excludes halogenated alkanes) is 1. The Morgan fingerprint density at radius 1 is 0.938 bits per heavy atom. The zero-order chi connectivity index (χ0) is 24.8. The number of hydrogen-bond donors (Lipinski definition) is 8. The molecular formula is C19H36N6O6S. The summed E-state index contributed by atoms with van der Waals surface area (Å²) < 4.78 is 0. The van der Waals surface area contributed by atoms with Gasteiger partial charge in [-0.05, 0) is 31.7 Å². The fourth-order valence-corrected chi connectivity index (χ4v) is 2.93. The molecule has 0 heterocycles. The van der Waals surface area contributed by atoms with Crippen LogP contribution in [0.1, 0.15) is 46.0 Å². The van der Waals surface area contributed by atoms with Gasteiger partial charge in [-0.3, -0.25) is 19.2 Å². The van der Waals surface area contributed by atoms with Crippen molar-refractivity contribution in [1.82, 2.24) is 16.0 Å². The minimum Gasteiger partial charge on any atom is -0.480 e. The maximum Gasteiger partial charge on any atom is 0.327 e. The van der Waals surface area contributed by atoms with Gasteiger partial charge in [-0.25, -0.2) is 4.79 Å². The van der Waals surface area contributed by atoms with Crippen LogP contribution < -0.4 is 33.2 Å². The number of carboxylic acid groups (broad SMARTS) is 1. The fraction of sp³-hybridized carbons (Fsp3) is 0.737. The average molecular weight is 477 g/mol. The summed E-state index contributed by atoms with van der Waals surface area (Å²) >= 11 is 3.89. The lowest BCUT2D eigenvalue weighted by Gasteiger charge is -2.25. The molecule has 0 aromatic heterocycles. The molecule has 0 saturated carbocycles. The maximum atomic E-state index is 12.8. The smallest absolute Gasteiger partial charge is 0.327 e. The van der Waals surface area contributed by atoms with E-state index in [1.807, 2.05) is 6.92 Å². The zero-order valence-electron chi connectivity index (χ0n) is 18.5. The van der Waals surface area contributed by atoms with E-state index in [4.69, 9.17) is 22.3 Å². The molecule has 0 bridgehead atoms. The summed E-state index contributed by atoms with van der Waals surface area (Å²) in [5, 5.41) is 16.3. The van der Waals surface area contributed by atoms with Crippen molar-refractivity contribution in [2.45, 2.75) is 70.1 Å². The Morgan fingerprint density at radius 2 is 1.47 bits per heavy atom. The number of rotatable bonds is 16. The minimum absolute atomic E-state index is 0.154. The molecule has 0 radical (unpaired) electrons. The lowest BCUT2D eigenvalue weighted by atomic mass is 9.99. The van der Waals surface area contributed by atoms with Crippen molar-refractivity contribution in [2.75, 3.05) is 12.3 Å². The van der Waals surface area contributed by atoms with Crippen molar-refractivity contribution in [1.29, 1.82) is 0 Å². The molecule has 0 spiro atoms. The molecule has 0 rings (SSSR count). The Morgan fingerprint density at radius 3 is 1.94 bits per heavy atom. The van der Waals surface area contributed by atoms with Gasteiger partial charge >= 0.3 is 5.97 Å². The highest BCUT2D eigenvalue weighted by Gasteiger charge is 2.31. The number of primary amides is 1. The van der Waals surface area contributed by atoms with E-state index in [1.54, 1.807) is 6.92 Å². The molecule has 0 saturated heterocycles. The summed E-state index contributed by atoms with van der Waals surface area (Å²) in [5.41, 5.74) is 16.6. The van der Waals surface area contributed by atoms with Gasteiger partial charge in [-0.2, -0.15) is 12.6 Å². The lowest BCUT2D eigenvalue weighted by Crippen LogP contribution is -2.58. The molecule has 32 heavy (non-hydrogen) atoms. The van der Waals surface area contributed by atoms with Crippen LogP contribution in [0.3, 0.4) is 0 Å². The van der Waals surface area contributed by atoms with Crippen molar-refractivity contribution < 1.29 is 29.1 Å². The quantitative estimate of drug-likeness (QED) is 0.0902. The van der Waals surface area contributed by atoms with Gasteiger partial charge < -0.3 is 38.3 Å². The molecule has 13 heteroatoms. The number of nitrogens with one attached hydrogen (secondary N) is 3. The highest BCUT2D eigenvalue weighted by atomic mass is 32.1. The number of carboxylic acids is 1. The molecule has 184 valence electrons. The van der Waals surface area contributed by atoms with Crippen LogP contribution in [0.15, 0.2) is 0 Å². The molecule has 0 aliphatic heterocycles. The van der Waals surface area contributed by atoms with Crippen LogP contribution in [0.4, 0.5) is 0 Å². The van der Waals surface area contributed by atoms with E-state index >= 15 is 0 Å². The van der Waals surface area contributed by atoms with Crippen LogP contribution in [-0.2, 0) is 24.0 Å². The highest BCUT2D eigenvalue weighted by molar-refractivity contribution is 7.80. The summed E-state index contributed by atoms with van der Waals surface area (Å²) in [5.74, 6) is -4.64. The van der Waals surface area contributed by atoms with Crippen LogP contribution in [0.5, 0.6) is 0 Å². The number of carbonyl (C=O) groups excluding carboxylic acids is 4. The maximum absolute atomic E-state index is 12.8. The SMILES string of the molecule is CCC(C)C(N)C(=O)NC(CC(N)=O)C(=O)NC(CCCCN)C(=O)NC(CS)C(=O)O. The summed E-state index contributed by atoms with van der Waals surface area (Å²) in [4.78, 5) is 60.4. The molecular weight excluding hydrogens is 440 g/mol. The predicted octanol–water partition coefficient (Wildman–Crippen LogP) is -2.17. The number of nitrogens with two attached hydrogens (primary N) is 3. The Kier molecular flexibility index (Phi) is 14.3. The molecule has 5 atom stereocenters. The molecule has 12 nitrogen and oxygen atoms in total. The van der Waals surface area contributed by atoms with Gasteiger partial charge in [0.05, 0.1) is 12.5 Å². The average Bonchev–Trinajstić information content (AvgIpc) is 2.74. The fourth-order valence-electron chi connectivity index (χ4n) is 2.68. The molecule has 5 unspecified atom stereocenters. The molecule has 0 fully saturated rings. The van der Waals surface area contributed by atoms with Gasteiger partial charge in [-0.1, -0.05) is 20.3 Å².